The summed E-state index contributed by atoms with van der Waals surface area (Å²) < 4.78 is 82.5. The number of amidine groups is 1. The van der Waals surface area contributed by atoms with Gasteiger partial charge in [-0.1, -0.05) is 23.7 Å². The molecule has 0 amide bonds. The summed E-state index contributed by atoms with van der Waals surface area (Å²) in [5, 5.41) is 8.17. The number of benzene rings is 1. The van der Waals surface area contributed by atoms with Crippen LogP contribution in [0.15, 0.2) is 35.5 Å². The second-order valence-electron chi connectivity index (χ2n) is 7.11. The second kappa shape index (κ2) is 10.9. The Morgan fingerprint density at radius 2 is 1.88 bits per heavy atom. The van der Waals surface area contributed by atoms with Crippen LogP contribution in [0.5, 0.6) is 0 Å². The van der Waals surface area contributed by atoms with Gasteiger partial charge in [-0.2, -0.15) is 0 Å². The lowest BCUT2D eigenvalue weighted by molar-refractivity contribution is -0.0644. The van der Waals surface area contributed by atoms with E-state index in [4.69, 9.17) is 32.9 Å². The summed E-state index contributed by atoms with van der Waals surface area (Å²) in [6, 6.07) is 4.16. The summed E-state index contributed by atoms with van der Waals surface area (Å²) in [5.74, 6) is -2.70. The molecule has 186 valence electrons. The Morgan fingerprint density at radius 1 is 1.24 bits per heavy atom. The number of carboxylic acids is 1. The van der Waals surface area contributed by atoms with E-state index < -0.39 is 73.1 Å². The minimum absolute atomic E-state index is 0.0548. The maximum atomic E-state index is 13.9. The van der Waals surface area contributed by atoms with Gasteiger partial charge >= 0.3 is 5.97 Å². The number of nitrogens with two attached hydrogens (primary N) is 1. The zero-order chi connectivity index (χ0) is 25.7. The monoisotopic (exact) mass is 511 g/mol. The normalized spacial score (nSPS) is 19.2. The Hall–Kier alpha value is -3.06. The van der Waals surface area contributed by atoms with Crippen LogP contribution in [0.4, 0.5) is 32.0 Å². The topological polar surface area (TPSA) is 122 Å². The fourth-order valence-electron chi connectivity index (χ4n) is 2.84. The lowest BCUT2D eigenvalue weighted by Gasteiger charge is -2.40. The van der Waals surface area contributed by atoms with Crippen molar-refractivity contribution >= 4 is 29.1 Å². The number of ether oxygens (including phenoxy) is 1. The number of pyridine rings is 1. The highest BCUT2D eigenvalue weighted by Crippen LogP contribution is 2.37. The standard InChI is InChI=1S/C13H14F4N3O.C7H4ClF2NO2/c14-4-12(9-3-8(18)1-2-10(9)17)7-21-13(5-15,6-16)11(19)20-12;8-4-1-3(6(9)10)2-11-5(4)7(12)13/h1-3,18H,4-7H2,(H2,19,20);1-2,6H,(H,12,13)/q-1;/t12-;/m0./s1. The van der Waals surface area contributed by atoms with Crippen molar-refractivity contribution < 1.29 is 41.0 Å². The minimum atomic E-state index is -2.70. The predicted octanol–water partition coefficient (Wildman–Crippen LogP) is 5.11. The molecule has 0 unspecified atom stereocenters. The van der Waals surface area contributed by atoms with Gasteiger partial charge in [0.2, 0.25) is 0 Å². The number of halogens is 7. The van der Waals surface area contributed by atoms with Gasteiger partial charge in [0, 0.05) is 17.3 Å². The average molecular weight is 512 g/mol. The lowest BCUT2D eigenvalue weighted by atomic mass is 9.89. The van der Waals surface area contributed by atoms with Gasteiger partial charge in [-0.3, -0.25) is 4.99 Å². The molecule has 0 fully saturated rings. The second-order valence-corrected chi connectivity index (χ2v) is 7.52. The van der Waals surface area contributed by atoms with Crippen molar-refractivity contribution in [2.24, 2.45) is 10.7 Å². The highest BCUT2D eigenvalue weighted by molar-refractivity contribution is 6.33. The summed E-state index contributed by atoms with van der Waals surface area (Å²) in [7, 11) is 0. The quantitative estimate of drug-likeness (QED) is 0.522. The van der Waals surface area contributed by atoms with Gasteiger partial charge in [0.25, 0.3) is 6.43 Å². The number of aromatic nitrogens is 1. The Balaban J connectivity index is 0.000000270. The van der Waals surface area contributed by atoms with Crippen LogP contribution in [-0.2, 0) is 10.3 Å². The summed E-state index contributed by atoms with van der Waals surface area (Å²) >= 11 is 5.39. The fourth-order valence-corrected chi connectivity index (χ4v) is 3.09. The first-order valence-corrected chi connectivity index (χ1v) is 9.69. The van der Waals surface area contributed by atoms with E-state index in [1.807, 2.05) is 0 Å². The Bertz CT molecular complexity index is 1070. The highest BCUT2D eigenvalue weighted by atomic mass is 35.5. The van der Waals surface area contributed by atoms with Crippen molar-refractivity contribution in [1.29, 1.82) is 0 Å². The molecule has 1 aliphatic rings. The number of aliphatic imine (C=N–C) groups is 1. The molecule has 1 aliphatic heterocycles. The number of nitrogens with zero attached hydrogens (tertiary/aromatic N) is 2. The van der Waals surface area contributed by atoms with Crippen molar-refractivity contribution in [2.75, 3.05) is 26.6 Å². The molecule has 1 atom stereocenters. The summed E-state index contributed by atoms with van der Waals surface area (Å²) in [4.78, 5) is 17.4. The van der Waals surface area contributed by atoms with Crippen molar-refractivity contribution in [3.05, 3.63) is 63.9 Å². The van der Waals surface area contributed by atoms with Crippen molar-refractivity contribution in [2.45, 2.75) is 17.6 Å². The molecular formula is C20H18ClF6N4O3-. The number of alkyl halides is 5. The molecule has 0 saturated heterocycles. The number of rotatable bonds is 6. The molecule has 2 heterocycles. The van der Waals surface area contributed by atoms with Gasteiger partial charge in [0.1, 0.15) is 37.2 Å². The van der Waals surface area contributed by atoms with Gasteiger partial charge in [-0.05, 0) is 12.1 Å². The molecule has 0 radical (unpaired) electrons. The summed E-state index contributed by atoms with van der Waals surface area (Å²) in [6.45, 7) is -4.27. The number of aromatic carboxylic acids is 1. The van der Waals surface area contributed by atoms with Crippen LogP contribution < -0.4 is 5.73 Å². The summed E-state index contributed by atoms with van der Waals surface area (Å²) in [6.07, 6.45) is -1.91. The third-order valence-electron chi connectivity index (χ3n) is 4.83. The average Bonchev–Trinajstić information content (AvgIpc) is 2.81. The molecule has 1 aromatic heterocycles. The van der Waals surface area contributed by atoms with E-state index >= 15 is 0 Å². The van der Waals surface area contributed by atoms with Gasteiger partial charge < -0.3 is 21.3 Å². The summed E-state index contributed by atoms with van der Waals surface area (Å²) in [5.41, 5.74) is 8.02. The maximum Gasteiger partial charge on any atom is 0.356 e. The number of hydrogen-bond donors (Lipinski definition) is 2. The number of carbonyl (C=O) groups is 1. The minimum Gasteiger partial charge on any atom is -0.699 e. The lowest BCUT2D eigenvalue weighted by Crippen LogP contribution is -2.58. The van der Waals surface area contributed by atoms with Crippen LogP contribution in [0.2, 0.25) is 5.02 Å². The molecule has 7 nitrogen and oxygen atoms in total. The molecular weight excluding hydrogens is 494 g/mol. The number of carboxylic acid groups (broad SMARTS) is 1. The molecule has 0 bridgehead atoms. The Kier molecular flexibility index (Phi) is 8.72. The van der Waals surface area contributed by atoms with Gasteiger partial charge in [0.05, 0.1) is 11.6 Å². The fraction of sp³-hybridized carbons (Fsp3) is 0.350. The smallest absolute Gasteiger partial charge is 0.356 e. The number of nitrogens with one attached hydrogen (secondary N) is 1. The van der Waals surface area contributed by atoms with Crippen molar-refractivity contribution in [3.8, 4) is 0 Å². The van der Waals surface area contributed by atoms with E-state index in [-0.39, 0.29) is 16.3 Å². The highest BCUT2D eigenvalue weighted by Gasteiger charge is 2.48. The molecule has 2 aromatic rings. The first kappa shape index (κ1) is 27.2. The Morgan fingerprint density at radius 3 is 2.35 bits per heavy atom. The van der Waals surface area contributed by atoms with E-state index in [1.54, 1.807) is 0 Å². The van der Waals surface area contributed by atoms with Crippen LogP contribution in [0.25, 0.3) is 5.73 Å². The molecule has 3 rings (SSSR count). The SMILES string of the molecule is O=C(O)c1ncc(C(F)F)cc1Cl.[NH-]c1ccc(F)c([C@]2(CF)COC(CF)(CF)C(N)=N2)c1. The molecule has 0 aliphatic carbocycles. The van der Waals surface area contributed by atoms with E-state index in [0.29, 0.717) is 0 Å². The van der Waals surface area contributed by atoms with E-state index in [0.717, 1.165) is 24.4 Å². The van der Waals surface area contributed by atoms with E-state index in [2.05, 4.69) is 9.98 Å². The largest absolute Gasteiger partial charge is 0.699 e. The van der Waals surface area contributed by atoms with Crippen LogP contribution in [0, 0.1) is 5.82 Å². The van der Waals surface area contributed by atoms with Gasteiger partial charge in [0.15, 0.2) is 11.3 Å². The molecule has 0 saturated carbocycles. The Labute approximate surface area is 194 Å². The predicted molar refractivity (Wildman–Crippen MR) is 111 cm³/mol. The van der Waals surface area contributed by atoms with Gasteiger partial charge in [-0.15, -0.1) is 5.69 Å². The van der Waals surface area contributed by atoms with Crippen LogP contribution in [0.3, 0.4) is 0 Å². The maximum absolute atomic E-state index is 13.9. The number of hydrogen-bond acceptors (Lipinski definition) is 5. The molecule has 14 heteroatoms. The van der Waals surface area contributed by atoms with Crippen molar-refractivity contribution in [1.82, 2.24) is 4.98 Å². The first-order chi connectivity index (χ1) is 15.9. The van der Waals surface area contributed by atoms with Crippen LogP contribution >= 0.6 is 11.6 Å². The molecule has 34 heavy (non-hydrogen) atoms. The van der Waals surface area contributed by atoms with Crippen LogP contribution in [0.1, 0.15) is 28.0 Å². The molecule has 1 aromatic carbocycles. The van der Waals surface area contributed by atoms with Gasteiger partial charge in [-0.25, -0.2) is 36.1 Å². The zero-order valence-electron chi connectivity index (χ0n) is 17.2. The zero-order valence-corrected chi connectivity index (χ0v) is 17.9. The first-order valence-electron chi connectivity index (χ1n) is 9.31. The third kappa shape index (κ3) is 5.53. The van der Waals surface area contributed by atoms with E-state index in [9.17, 15) is 31.1 Å². The third-order valence-corrected chi connectivity index (χ3v) is 5.11. The van der Waals surface area contributed by atoms with Crippen LogP contribution in [-0.4, -0.2) is 54.1 Å². The molecule has 4 N–H and O–H groups in total. The van der Waals surface area contributed by atoms with E-state index in [1.165, 1.54) is 6.07 Å². The molecule has 0 spiro atoms. The van der Waals surface area contributed by atoms with Crippen molar-refractivity contribution in [3.63, 3.8) is 0 Å².